The normalized spacial score (nSPS) is 29.4. The van der Waals surface area contributed by atoms with Gasteiger partial charge in [0, 0.05) is 88.9 Å². The van der Waals surface area contributed by atoms with Gasteiger partial charge in [-0.15, -0.1) is 0 Å². The Morgan fingerprint density at radius 2 is 1.61 bits per heavy atom. The number of halogens is 4. The van der Waals surface area contributed by atoms with E-state index in [0.717, 1.165) is 37.8 Å². The number of carbonyl (C=O) groups is 2. The lowest BCUT2D eigenvalue weighted by atomic mass is 9.85. The van der Waals surface area contributed by atoms with Crippen LogP contribution < -0.4 is 15.4 Å². The third-order valence-electron chi connectivity index (χ3n) is 11.9. The maximum absolute atomic E-state index is 17.8. The summed E-state index contributed by atoms with van der Waals surface area (Å²) < 4.78 is 76.3. The fourth-order valence-corrected chi connectivity index (χ4v) is 8.94. The van der Waals surface area contributed by atoms with Crippen LogP contribution in [0, 0.1) is 11.8 Å². The number of alkyl halides is 4. The van der Waals surface area contributed by atoms with Crippen LogP contribution in [-0.4, -0.2) is 107 Å². The highest BCUT2D eigenvalue weighted by molar-refractivity contribution is 5.88. The van der Waals surface area contributed by atoms with Gasteiger partial charge in [0.2, 0.25) is 11.6 Å². The zero-order chi connectivity index (χ0) is 36.5. The summed E-state index contributed by atoms with van der Waals surface area (Å²) in [5.74, 6) is -2.10. The monoisotopic (exact) mass is 718 g/mol. The van der Waals surface area contributed by atoms with Crippen LogP contribution >= 0.6 is 0 Å². The maximum Gasteiger partial charge on any atom is 0.416 e. The average molecular weight is 719 g/mol. The fourth-order valence-electron chi connectivity index (χ4n) is 8.94. The number of amides is 2. The lowest BCUT2D eigenvalue weighted by molar-refractivity contribution is -0.143. The van der Waals surface area contributed by atoms with Gasteiger partial charge in [0.1, 0.15) is 5.75 Å². The van der Waals surface area contributed by atoms with E-state index in [4.69, 9.17) is 19.9 Å². The fraction of sp³-hybridized carbons (Fsp3) is 0.632. The molecule has 1 saturated carbocycles. The second-order valence-electron chi connectivity index (χ2n) is 14.8. The topological polar surface area (TPSA) is 97.6 Å². The number of hydrogen-bond donors (Lipinski definition) is 1. The van der Waals surface area contributed by atoms with Gasteiger partial charge < -0.3 is 29.7 Å². The predicted octanol–water partition coefficient (Wildman–Crippen LogP) is 5.37. The number of nitrogens with two attached hydrogens (primary N) is 1. The van der Waals surface area contributed by atoms with Crippen molar-refractivity contribution in [1.29, 1.82) is 0 Å². The highest BCUT2D eigenvalue weighted by Crippen LogP contribution is 2.47. The van der Waals surface area contributed by atoms with E-state index in [1.165, 1.54) is 6.07 Å². The third kappa shape index (κ3) is 7.71. The number of methoxy groups -OCH3 is 3. The van der Waals surface area contributed by atoms with Gasteiger partial charge >= 0.3 is 6.18 Å². The minimum Gasteiger partial charge on any atom is -0.497 e. The van der Waals surface area contributed by atoms with E-state index in [9.17, 15) is 22.8 Å². The first-order chi connectivity index (χ1) is 24.4. The van der Waals surface area contributed by atoms with Crippen LogP contribution in [0.3, 0.4) is 0 Å². The van der Waals surface area contributed by atoms with Gasteiger partial charge in [-0.1, -0.05) is 18.2 Å². The molecule has 2 N–H and O–H groups in total. The molecule has 4 atom stereocenters. The second kappa shape index (κ2) is 15.3. The molecule has 0 aromatic heterocycles. The third-order valence-corrected chi connectivity index (χ3v) is 11.9. The van der Waals surface area contributed by atoms with Crippen molar-refractivity contribution in [1.82, 2.24) is 9.80 Å². The number of hydrogen-bond acceptors (Lipinski definition) is 7. The van der Waals surface area contributed by atoms with E-state index in [0.29, 0.717) is 55.0 Å². The largest absolute Gasteiger partial charge is 0.497 e. The molecule has 51 heavy (non-hydrogen) atoms. The van der Waals surface area contributed by atoms with Crippen LogP contribution in [0.1, 0.15) is 67.1 Å². The van der Waals surface area contributed by atoms with Crippen LogP contribution in [0.4, 0.5) is 23.2 Å². The van der Waals surface area contributed by atoms with Crippen LogP contribution in [0.5, 0.6) is 5.75 Å². The standard InChI is InChI=1S/C38H50F4N4O5/c1-49-22-26-19-45(20-32(26)31-13-6-27(38(40,41)42)18-34(31)44-16-14-25(15-17-44)35(43)47)36(48)37(39)23-46(28-7-11-30(51-3)12-8-28)21-33(37)24-4-9-29(50-2)10-5-24/h4-6,9-10,13,18,25-26,28,30,32-33H,7-8,11-12,14-17,19-23H2,1-3H3,(H2,43,47)/t26-,28-,30-,32+,33+,37+/m1/s1. The molecule has 4 fully saturated rings. The molecule has 0 unspecified atom stereocenters. The summed E-state index contributed by atoms with van der Waals surface area (Å²) in [6.45, 7) is 1.68. The minimum absolute atomic E-state index is 0.0404. The Balaban J connectivity index is 1.30. The first kappa shape index (κ1) is 37.3. The molecular weight excluding hydrogens is 668 g/mol. The SMILES string of the molecule is COC[C@H]1CN(C(=O)[C@]2(F)CN([C@H]3CC[C@H](OC)CC3)C[C@H]2c2ccc(OC)cc2)C[C@@H]1c1ccc(C(F)(F)F)cc1N1CCC(C(N)=O)CC1. The van der Waals surface area contributed by atoms with Gasteiger partial charge in [-0.05, 0) is 73.9 Å². The Morgan fingerprint density at radius 3 is 2.20 bits per heavy atom. The number of primary amides is 1. The molecular formula is C38H50F4N4O5. The first-order valence-corrected chi connectivity index (χ1v) is 18.0. The molecule has 3 aliphatic heterocycles. The van der Waals surface area contributed by atoms with E-state index < -0.39 is 41.1 Å². The van der Waals surface area contributed by atoms with Gasteiger partial charge in [-0.2, -0.15) is 13.2 Å². The molecule has 9 nitrogen and oxygen atoms in total. The molecule has 13 heteroatoms. The molecule has 3 heterocycles. The highest BCUT2D eigenvalue weighted by Gasteiger charge is 2.57. The number of rotatable bonds is 10. The Morgan fingerprint density at radius 1 is 0.922 bits per heavy atom. The summed E-state index contributed by atoms with van der Waals surface area (Å²) in [6, 6.07) is 11.1. The van der Waals surface area contributed by atoms with Crippen LogP contribution in [0.2, 0.25) is 0 Å². The molecule has 3 saturated heterocycles. The van der Waals surface area contributed by atoms with E-state index in [1.54, 1.807) is 38.4 Å². The number of anilines is 1. The zero-order valence-electron chi connectivity index (χ0n) is 29.7. The molecule has 1 aliphatic carbocycles. The molecule has 2 aromatic rings. The van der Waals surface area contributed by atoms with Crippen LogP contribution in [-0.2, 0) is 25.2 Å². The quantitative estimate of drug-likeness (QED) is 0.330. The molecule has 2 amide bonds. The minimum atomic E-state index is -4.56. The van der Waals surface area contributed by atoms with E-state index in [-0.39, 0.29) is 50.2 Å². The first-order valence-electron chi connectivity index (χ1n) is 18.0. The van der Waals surface area contributed by atoms with Crippen LogP contribution in [0.15, 0.2) is 42.5 Å². The summed E-state index contributed by atoms with van der Waals surface area (Å²) in [4.78, 5) is 32.1. The summed E-state index contributed by atoms with van der Waals surface area (Å²) in [6.07, 6.45) is -0.0512. The van der Waals surface area contributed by atoms with Crippen molar-refractivity contribution in [2.24, 2.45) is 17.6 Å². The predicted molar refractivity (Wildman–Crippen MR) is 184 cm³/mol. The summed E-state index contributed by atoms with van der Waals surface area (Å²) in [7, 11) is 4.83. The lowest BCUT2D eigenvalue weighted by Crippen LogP contribution is -2.50. The molecule has 0 radical (unpaired) electrons. The number of benzene rings is 2. The van der Waals surface area contributed by atoms with Gasteiger partial charge in [0.25, 0.3) is 5.91 Å². The number of piperidine rings is 1. The maximum atomic E-state index is 17.8. The molecule has 0 spiro atoms. The molecule has 0 bridgehead atoms. The number of likely N-dealkylation sites (tertiary alicyclic amines) is 2. The smallest absolute Gasteiger partial charge is 0.416 e. The van der Waals surface area contributed by atoms with E-state index in [1.807, 2.05) is 17.0 Å². The van der Waals surface area contributed by atoms with Crippen LogP contribution in [0.25, 0.3) is 0 Å². The molecule has 280 valence electrons. The van der Waals surface area contributed by atoms with Crippen molar-refractivity contribution in [2.75, 3.05) is 72.1 Å². The van der Waals surface area contributed by atoms with E-state index in [2.05, 4.69) is 4.90 Å². The van der Waals surface area contributed by atoms with E-state index >= 15 is 4.39 Å². The van der Waals surface area contributed by atoms with Crippen molar-refractivity contribution in [2.45, 2.75) is 74.4 Å². The number of nitrogens with zero attached hydrogens (tertiary/aromatic N) is 3. The average Bonchev–Trinajstić information content (AvgIpc) is 3.72. The summed E-state index contributed by atoms with van der Waals surface area (Å²) in [5, 5.41) is 0. The molecule has 6 rings (SSSR count). The van der Waals surface area contributed by atoms with Crippen molar-refractivity contribution in [3.05, 3.63) is 59.2 Å². The molecule has 2 aromatic carbocycles. The van der Waals surface area contributed by atoms with Gasteiger partial charge in [0.05, 0.1) is 25.4 Å². The van der Waals surface area contributed by atoms with Gasteiger partial charge in [0.15, 0.2) is 0 Å². The number of ether oxygens (including phenoxy) is 3. The van der Waals surface area contributed by atoms with Crippen molar-refractivity contribution in [3.8, 4) is 5.75 Å². The Labute approximate surface area is 297 Å². The second-order valence-corrected chi connectivity index (χ2v) is 14.8. The Bertz CT molecular complexity index is 1530. The van der Waals surface area contributed by atoms with Gasteiger partial charge in [-0.3, -0.25) is 14.5 Å². The summed E-state index contributed by atoms with van der Waals surface area (Å²) >= 11 is 0. The number of carbonyl (C=O) groups excluding carboxylic acids is 2. The Kier molecular flexibility index (Phi) is 11.2. The highest BCUT2D eigenvalue weighted by atomic mass is 19.4. The van der Waals surface area contributed by atoms with Crippen molar-refractivity contribution >= 4 is 17.5 Å². The summed E-state index contributed by atoms with van der Waals surface area (Å²) in [5.41, 5.74) is 4.33. The molecule has 4 aliphatic rings. The zero-order valence-corrected chi connectivity index (χ0v) is 29.7. The van der Waals surface area contributed by atoms with Crippen molar-refractivity contribution < 1.29 is 41.4 Å². The van der Waals surface area contributed by atoms with Gasteiger partial charge in [-0.25, -0.2) is 4.39 Å². The lowest BCUT2D eigenvalue weighted by Gasteiger charge is -2.35. The van der Waals surface area contributed by atoms with Crippen molar-refractivity contribution in [3.63, 3.8) is 0 Å². The Hall–Kier alpha value is -3.42.